The van der Waals surface area contributed by atoms with Crippen LogP contribution in [-0.4, -0.2) is 34.0 Å². The first kappa shape index (κ1) is 23.8. The lowest BCUT2D eigenvalue weighted by molar-refractivity contribution is -0.385. The van der Waals surface area contributed by atoms with Crippen molar-refractivity contribution in [2.45, 2.75) is 59.3 Å². The predicted molar refractivity (Wildman–Crippen MR) is 105 cm³/mol. The Morgan fingerprint density at radius 2 is 1.62 bits per heavy atom. The van der Waals surface area contributed by atoms with E-state index in [2.05, 4.69) is 11.9 Å². The molecular formula is C20H26N2O7. The van der Waals surface area contributed by atoms with Crippen LogP contribution < -0.4 is 5.32 Å². The number of rotatable bonds is 6. The van der Waals surface area contributed by atoms with Gasteiger partial charge in [0.2, 0.25) is 0 Å². The van der Waals surface area contributed by atoms with E-state index >= 15 is 0 Å². The highest BCUT2D eigenvalue weighted by atomic mass is 16.6. The molecule has 0 unspecified atom stereocenters. The topological polar surface area (TPSA) is 125 Å². The normalized spacial score (nSPS) is 11.4. The van der Waals surface area contributed by atoms with Crippen molar-refractivity contribution < 1.29 is 28.8 Å². The van der Waals surface area contributed by atoms with Crippen LogP contribution >= 0.6 is 0 Å². The third kappa shape index (κ3) is 7.73. The number of hydrogen-bond donors (Lipinski definition) is 1. The molecule has 0 aliphatic carbocycles. The van der Waals surface area contributed by atoms with Gasteiger partial charge in [-0.3, -0.25) is 14.9 Å². The molecule has 158 valence electrons. The number of amides is 1. The molecule has 1 aromatic carbocycles. The molecule has 0 saturated carbocycles. The van der Waals surface area contributed by atoms with Crippen LogP contribution in [0, 0.1) is 10.1 Å². The van der Waals surface area contributed by atoms with Gasteiger partial charge in [-0.05, 0) is 47.6 Å². The second-order valence-corrected chi connectivity index (χ2v) is 8.27. The summed E-state index contributed by atoms with van der Waals surface area (Å²) >= 11 is 0. The minimum atomic E-state index is -0.902. The second-order valence-electron chi connectivity index (χ2n) is 8.27. The maximum atomic E-state index is 12.5. The summed E-state index contributed by atoms with van der Waals surface area (Å²) in [5.41, 5.74) is -2.27. The minimum Gasteiger partial charge on any atom is -0.456 e. The third-order valence-electron chi connectivity index (χ3n) is 3.29. The van der Waals surface area contributed by atoms with Gasteiger partial charge in [0, 0.05) is 17.2 Å². The largest absolute Gasteiger partial charge is 0.456 e. The number of carbonyl (C=O) groups excluding carboxylic acids is 3. The number of esters is 1. The average Bonchev–Trinajstić information content (AvgIpc) is 2.55. The van der Waals surface area contributed by atoms with Crippen molar-refractivity contribution in [3.8, 4) is 0 Å². The number of nitrogens with one attached hydrogen (secondary N) is 1. The Bertz CT molecular complexity index is 845. The average molecular weight is 406 g/mol. The molecule has 1 aromatic rings. The van der Waals surface area contributed by atoms with Crippen molar-refractivity contribution in [1.82, 2.24) is 5.32 Å². The Morgan fingerprint density at radius 3 is 2.10 bits per heavy atom. The van der Waals surface area contributed by atoms with Gasteiger partial charge in [0.25, 0.3) is 5.69 Å². The lowest BCUT2D eigenvalue weighted by Crippen LogP contribution is -2.32. The van der Waals surface area contributed by atoms with E-state index in [4.69, 9.17) is 9.47 Å². The number of carbonyl (C=O) groups is 3. The monoisotopic (exact) mass is 406 g/mol. The predicted octanol–water partition coefficient (Wildman–Crippen LogP) is 3.70. The summed E-state index contributed by atoms with van der Waals surface area (Å²) in [6.45, 7) is 13.2. The Hall–Kier alpha value is -3.23. The number of ketones is 1. The molecule has 29 heavy (non-hydrogen) atoms. The number of hydrogen-bond acceptors (Lipinski definition) is 7. The fraction of sp³-hybridized carbons (Fsp3) is 0.450. The first-order valence-corrected chi connectivity index (χ1v) is 8.82. The smallest absolute Gasteiger partial charge is 0.407 e. The number of nitrogens with zero attached hydrogens (tertiary/aromatic N) is 1. The van der Waals surface area contributed by atoms with E-state index in [-0.39, 0.29) is 23.4 Å². The molecule has 0 fully saturated rings. The molecule has 1 N–H and O–H groups in total. The highest BCUT2D eigenvalue weighted by molar-refractivity contribution is 6.23. The summed E-state index contributed by atoms with van der Waals surface area (Å²) in [7, 11) is 0. The molecule has 0 heterocycles. The van der Waals surface area contributed by atoms with Crippen LogP contribution in [-0.2, 0) is 20.8 Å². The van der Waals surface area contributed by atoms with Crippen molar-refractivity contribution >= 4 is 23.5 Å². The van der Waals surface area contributed by atoms with Crippen LogP contribution in [0.4, 0.5) is 10.5 Å². The van der Waals surface area contributed by atoms with Crippen LogP contribution in [0.1, 0.15) is 57.5 Å². The van der Waals surface area contributed by atoms with E-state index in [0.29, 0.717) is 0 Å². The van der Waals surface area contributed by atoms with Crippen molar-refractivity contribution in [2.75, 3.05) is 0 Å². The van der Waals surface area contributed by atoms with E-state index < -0.39 is 39.5 Å². The van der Waals surface area contributed by atoms with Gasteiger partial charge in [-0.2, -0.15) is 0 Å². The lowest BCUT2D eigenvalue weighted by atomic mass is 10.0. The number of nitro groups is 1. The molecule has 1 rings (SSSR count). The summed E-state index contributed by atoms with van der Waals surface area (Å²) in [6, 6.07) is 3.67. The van der Waals surface area contributed by atoms with Gasteiger partial charge in [0.15, 0.2) is 5.78 Å². The maximum absolute atomic E-state index is 12.5. The van der Waals surface area contributed by atoms with E-state index in [0.717, 1.165) is 6.07 Å². The van der Waals surface area contributed by atoms with Crippen molar-refractivity contribution in [3.63, 3.8) is 0 Å². The number of alkyl carbamates (subject to hydrolysis) is 1. The van der Waals surface area contributed by atoms with Gasteiger partial charge in [-0.25, -0.2) is 9.59 Å². The van der Waals surface area contributed by atoms with Crippen LogP contribution in [0.3, 0.4) is 0 Å². The van der Waals surface area contributed by atoms with Gasteiger partial charge < -0.3 is 14.8 Å². The fourth-order valence-corrected chi connectivity index (χ4v) is 2.11. The van der Waals surface area contributed by atoms with Crippen LogP contribution in [0.25, 0.3) is 0 Å². The molecule has 0 aliphatic heterocycles. The molecule has 0 radical (unpaired) electrons. The molecule has 9 heteroatoms. The molecule has 0 saturated heterocycles. The molecule has 0 bridgehead atoms. The summed E-state index contributed by atoms with van der Waals surface area (Å²) < 4.78 is 10.2. The fourth-order valence-electron chi connectivity index (χ4n) is 2.11. The van der Waals surface area contributed by atoms with Crippen LogP contribution in [0.5, 0.6) is 0 Å². The van der Waals surface area contributed by atoms with Crippen molar-refractivity contribution in [1.29, 1.82) is 0 Å². The van der Waals surface area contributed by atoms with Gasteiger partial charge in [-0.1, -0.05) is 12.6 Å². The highest BCUT2D eigenvalue weighted by Gasteiger charge is 2.26. The second kappa shape index (κ2) is 8.85. The minimum absolute atomic E-state index is 0.0893. The zero-order valence-corrected chi connectivity index (χ0v) is 17.5. The van der Waals surface area contributed by atoms with E-state index in [1.165, 1.54) is 12.1 Å². The zero-order valence-electron chi connectivity index (χ0n) is 17.5. The molecule has 0 aromatic heterocycles. The molecule has 0 aliphatic rings. The SMILES string of the molecule is C=C(C(=O)OC(C)(C)C)C(=O)c1ccc(CNC(=O)OC(C)(C)C)c([N+](=O)[O-])c1. The summed E-state index contributed by atoms with van der Waals surface area (Å²) in [4.78, 5) is 46.9. The van der Waals surface area contributed by atoms with E-state index in [1.54, 1.807) is 41.5 Å². The molecule has 1 amide bonds. The van der Waals surface area contributed by atoms with Crippen LogP contribution in [0.2, 0.25) is 0 Å². The Kier molecular flexibility index (Phi) is 7.26. The molecular weight excluding hydrogens is 380 g/mol. The van der Waals surface area contributed by atoms with E-state index in [9.17, 15) is 24.5 Å². The molecule has 0 spiro atoms. The lowest BCUT2D eigenvalue weighted by Gasteiger charge is -2.20. The van der Waals surface area contributed by atoms with Gasteiger partial charge in [0.1, 0.15) is 16.8 Å². The summed E-state index contributed by atoms with van der Waals surface area (Å²) in [6.07, 6.45) is -0.731. The standard InChI is InChI=1S/C20H26N2O7/c1-12(17(24)28-19(2,3)4)16(23)13-8-9-14(15(10-13)22(26)27)11-21-18(25)29-20(5,6)7/h8-10H,1,11H2,2-7H3,(H,21,25). The van der Waals surface area contributed by atoms with Crippen LogP contribution in [0.15, 0.2) is 30.4 Å². The first-order chi connectivity index (χ1) is 13.1. The quantitative estimate of drug-likeness (QED) is 0.145. The van der Waals surface area contributed by atoms with Crippen molar-refractivity contribution in [2.24, 2.45) is 0 Å². The third-order valence-corrected chi connectivity index (χ3v) is 3.29. The van der Waals surface area contributed by atoms with Gasteiger partial charge >= 0.3 is 12.1 Å². The summed E-state index contributed by atoms with van der Waals surface area (Å²) in [5, 5.41) is 13.8. The number of Topliss-reactive ketones (excluding diaryl/α,β-unsaturated/α-hetero) is 1. The number of benzene rings is 1. The zero-order chi connectivity index (χ0) is 22.6. The molecule has 9 nitrogen and oxygen atoms in total. The first-order valence-electron chi connectivity index (χ1n) is 8.82. The Labute approximate surface area is 169 Å². The number of ether oxygens (including phenoxy) is 2. The maximum Gasteiger partial charge on any atom is 0.407 e. The van der Waals surface area contributed by atoms with Gasteiger partial charge in [-0.15, -0.1) is 0 Å². The Morgan fingerprint density at radius 1 is 1.07 bits per heavy atom. The highest BCUT2D eigenvalue weighted by Crippen LogP contribution is 2.23. The number of nitro benzene ring substituents is 1. The van der Waals surface area contributed by atoms with Gasteiger partial charge in [0.05, 0.1) is 11.5 Å². The Balaban J connectivity index is 3.01. The van der Waals surface area contributed by atoms with E-state index in [1.807, 2.05) is 0 Å². The van der Waals surface area contributed by atoms with Crippen molar-refractivity contribution in [3.05, 3.63) is 51.6 Å². The molecule has 0 atom stereocenters. The summed E-state index contributed by atoms with van der Waals surface area (Å²) in [5.74, 6) is -1.69.